The monoisotopic (exact) mass is 615 g/mol. The Bertz CT molecular complexity index is 1700. The molecule has 3 aromatic rings. The zero-order valence-corrected chi connectivity index (χ0v) is 24.6. The molecule has 2 amide bonds. The molecule has 0 bridgehead atoms. The minimum atomic E-state index is -3.76. The molecule has 13 heteroatoms. The summed E-state index contributed by atoms with van der Waals surface area (Å²) in [7, 11) is 0. The van der Waals surface area contributed by atoms with Gasteiger partial charge in [0.15, 0.2) is 11.8 Å². The van der Waals surface area contributed by atoms with E-state index in [2.05, 4.69) is 26.1 Å². The Morgan fingerprint density at radius 3 is 2.48 bits per heavy atom. The summed E-state index contributed by atoms with van der Waals surface area (Å²) in [6, 6.07) is 6.81. The van der Waals surface area contributed by atoms with E-state index in [1.165, 1.54) is 12.1 Å². The molecule has 13 nitrogen and oxygen atoms in total. The summed E-state index contributed by atoms with van der Waals surface area (Å²) in [6.45, 7) is 0.179. The number of carbonyl (C=O) groups is 2. The van der Waals surface area contributed by atoms with Crippen molar-refractivity contribution >= 4 is 17.8 Å². The number of nitrogens with zero attached hydrogens (tertiary/aromatic N) is 2. The number of amides is 2. The minimum absolute atomic E-state index is 0.0133. The first-order valence-corrected chi connectivity index (χ1v) is 13.9. The van der Waals surface area contributed by atoms with Gasteiger partial charge in [0.1, 0.15) is 17.8 Å². The Balaban J connectivity index is 2.07. The smallest absolute Gasteiger partial charge is 0.249 e. The van der Waals surface area contributed by atoms with Crippen LogP contribution >= 0.6 is 0 Å². The summed E-state index contributed by atoms with van der Waals surface area (Å²) in [5.74, 6) is -2.83. The van der Waals surface area contributed by atoms with Gasteiger partial charge in [-0.05, 0) is 86.7 Å². The summed E-state index contributed by atoms with van der Waals surface area (Å²) in [4.78, 5) is 31.7. The van der Waals surface area contributed by atoms with Crippen LogP contribution in [0.3, 0.4) is 0 Å². The van der Waals surface area contributed by atoms with Crippen molar-refractivity contribution in [2.75, 3.05) is 13.0 Å². The number of phenols is 1. The van der Waals surface area contributed by atoms with E-state index in [0.29, 0.717) is 23.1 Å². The Kier molecular flexibility index (Phi) is 9.22. The fraction of sp³-hybridized carbons (Fsp3) is 0.452. The van der Waals surface area contributed by atoms with Gasteiger partial charge < -0.3 is 42.8 Å². The van der Waals surface area contributed by atoms with Gasteiger partial charge in [0.2, 0.25) is 17.7 Å². The third-order valence-corrected chi connectivity index (χ3v) is 6.64. The van der Waals surface area contributed by atoms with Crippen LogP contribution in [0.5, 0.6) is 5.75 Å². The molecule has 3 atom stereocenters. The molecule has 0 spiro atoms. The molecular formula is C31H45N9O4. The van der Waals surface area contributed by atoms with Crippen LogP contribution in [0.25, 0.3) is 0 Å². The number of carbonyl (C=O) groups excluding carboxylic acids is 2. The fourth-order valence-corrected chi connectivity index (χ4v) is 4.44. The van der Waals surface area contributed by atoms with E-state index in [0.717, 1.165) is 5.56 Å². The number of phenolic OH excluding ortho intramolecular Hbond substituents is 1. The number of benzene rings is 2. The van der Waals surface area contributed by atoms with Crippen molar-refractivity contribution in [1.29, 1.82) is 5.41 Å². The molecule has 0 fully saturated rings. The number of hydrogen-bond donors (Lipinski definition) is 8. The van der Waals surface area contributed by atoms with E-state index < -0.39 is 61.4 Å². The van der Waals surface area contributed by atoms with Crippen molar-refractivity contribution in [3.8, 4) is 5.75 Å². The Hall–Kier alpha value is -4.49. The lowest BCUT2D eigenvalue weighted by Gasteiger charge is -2.24. The SMILES string of the molecule is [2H]C([2H])(N)C([2H])([2H])C([2H])([2H])C([2H])([2H])C(NC(=O)C(Cc1c(C)cc(O)cc1C)NC(=O)C(N)CCCNC(=N)N)c1nc(Cc2ccccc2)no1. The summed E-state index contributed by atoms with van der Waals surface area (Å²) in [5.41, 5.74) is 19.1. The van der Waals surface area contributed by atoms with Gasteiger partial charge in [0, 0.05) is 30.4 Å². The maximum atomic E-state index is 14.2. The second-order valence-corrected chi connectivity index (χ2v) is 10.1. The molecule has 3 unspecified atom stereocenters. The van der Waals surface area contributed by atoms with E-state index in [-0.39, 0.29) is 43.3 Å². The van der Waals surface area contributed by atoms with E-state index in [9.17, 15) is 14.7 Å². The molecule has 0 saturated heterocycles. The van der Waals surface area contributed by atoms with Crippen molar-refractivity contribution in [2.24, 2.45) is 17.2 Å². The maximum absolute atomic E-state index is 14.2. The standard InChI is InChI=1S/C31H45N9O4/c1-19-15-22(41)16-20(2)23(19)18-26(38-28(42)24(33)11-8-14-36-31(34)35)29(43)37-25(12-6-7-13-32)30-39-27(40-44-30)17-21-9-4-3-5-10-21/h3-5,9-10,15-16,24-26,41H,6-8,11-14,17-18,32-33H2,1-2H3,(H,37,43)(H,38,42)(H4,34,35,36)/i6D2,7D2,12D2,13D2. The van der Waals surface area contributed by atoms with Crippen LogP contribution in [0.2, 0.25) is 0 Å². The zero-order valence-electron chi connectivity index (χ0n) is 32.6. The fourth-order valence-electron chi connectivity index (χ4n) is 4.44. The number of aromatic nitrogens is 2. The molecule has 0 saturated carbocycles. The maximum Gasteiger partial charge on any atom is 0.249 e. The third kappa shape index (κ3) is 10.7. The Labute approximate surface area is 269 Å². The van der Waals surface area contributed by atoms with Crippen LogP contribution in [0.15, 0.2) is 47.0 Å². The van der Waals surface area contributed by atoms with Gasteiger partial charge in [-0.1, -0.05) is 35.5 Å². The summed E-state index contributed by atoms with van der Waals surface area (Å²) in [6.07, 6.45) is -10.7. The second-order valence-electron chi connectivity index (χ2n) is 10.1. The zero-order chi connectivity index (χ0) is 39.2. The van der Waals surface area contributed by atoms with E-state index >= 15 is 0 Å². The molecule has 0 aliphatic rings. The molecule has 1 aromatic heterocycles. The number of aromatic hydroxyl groups is 1. The highest BCUT2D eigenvalue weighted by Crippen LogP contribution is 2.23. The topological polar surface area (TPSA) is 231 Å². The van der Waals surface area contributed by atoms with E-state index in [1.54, 1.807) is 44.2 Å². The molecule has 3 rings (SSSR count). The molecule has 44 heavy (non-hydrogen) atoms. The van der Waals surface area contributed by atoms with Crippen LogP contribution < -0.4 is 33.2 Å². The van der Waals surface area contributed by atoms with E-state index in [4.69, 9.17) is 38.1 Å². The van der Waals surface area contributed by atoms with Gasteiger partial charge >= 0.3 is 0 Å². The average molecular weight is 616 g/mol. The number of nitrogens with one attached hydrogen (secondary N) is 4. The predicted molar refractivity (Wildman–Crippen MR) is 168 cm³/mol. The lowest BCUT2D eigenvalue weighted by molar-refractivity contribution is -0.130. The van der Waals surface area contributed by atoms with Crippen LogP contribution in [-0.4, -0.2) is 58.1 Å². The normalized spacial score (nSPS) is 17.1. The van der Waals surface area contributed by atoms with Gasteiger partial charge in [-0.25, -0.2) is 0 Å². The number of rotatable bonds is 17. The first-order chi connectivity index (χ1) is 24.0. The van der Waals surface area contributed by atoms with Crippen LogP contribution in [0, 0.1) is 19.3 Å². The Morgan fingerprint density at radius 1 is 1.11 bits per heavy atom. The predicted octanol–water partition coefficient (Wildman–Crippen LogP) is 1.59. The van der Waals surface area contributed by atoms with Crippen molar-refractivity contribution in [2.45, 2.75) is 76.8 Å². The first-order valence-electron chi connectivity index (χ1n) is 17.9. The molecule has 0 aliphatic carbocycles. The highest BCUT2D eigenvalue weighted by atomic mass is 16.5. The summed E-state index contributed by atoms with van der Waals surface area (Å²) >= 11 is 0. The van der Waals surface area contributed by atoms with Crippen LogP contribution in [-0.2, 0) is 22.4 Å². The number of guanidine groups is 1. The third-order valence-electron chi connectivity index (χ3n) is 6.64. The number of aryl methyl sites for hydroxylation is 2. The lowest BCUT2D eigenvalue weighted by Crippen LogP contribution is -2.53. The van der Waals surface area contributed by atoms with Gasteiger partial charge in [0.05, 0.1) is 6.04 Å². The van der Waals surface area contributed by atoms with Gasteiger partial charge in [0.25, 0.3) is 0 Å². The Morgan fingerprint density at radius 2 is 1.82 bits per heavy atom. The summed E-state index contributed by atoms with van der Waals surface area (Å²) < 4.78 is 72.2. The lowest BCUT2D eigenvalue weighted by atomic mass is 9.95. The number of hydrogen-bond acceptors (Lipinski definition) is 9. The van der Waals surface area contributed by atoms with Crippen molar-refractivity contribution < 1.29 is 30.2 Å². The highest BCUT2D eigenvalue weighted by molar-refractivity contribution is 5.90. The molecular weight excluding hydrogens is 562 g/mol. The highest BCUT2D eigenvalue weighted by Gasteiger charge is 2.29. The number of nitrogens with two attached hydrogens (primary N) is 3. The molecule has 0 aliphatic heterocycles. The van der Waals surface area contributed by atoms with Gasteiger partial charge in [-0.2, -0.15) is 4.98 Å². The molecule has 2 aromatic carbocycles. The average Bonchev–Trinajstić information content (AvgIpc) is 3.49. The molecule has 11 N–H and O–H groups in total. The second kappa shape index (κ2) is 17.0. The minimum Gasteiger partial charge on any atom is -0.508 e. The molecule has 0 radical (unpaired) electrons. The first kappa shape index (κ1) is 23.9. The largest absolute Gasteiger partial charge is 0.508 e. The quantitative estimate of drug-likeness (QED) is 0.0620. The molecule has 1 heterocycles. The van der Waals surface area contributed by atoms with Gasteiger partial charge in [-0.3, -0.25) is 15.0 Å². The van der Waals surface area contributed by atoms with Gasteiger partial charge in [-0.15, -0.1) is 0 Å². The van der Waals surface area contributed by atoms with Crippen LogP contribution in [0.1, 0.15) is 82.9 Å². The summed E-state index contributed by atoms with van der Waals surface area (Å²) in [5, 5.41) is 28.7. The van der Waals surface area contributed by atoms with Crippen molar-refractivity contribution in [1.82, 2.24) is 26.1 Å². The molecule has 238 valence electrons. The van der Waals surface area contributed by atoms with E-state index in [1.807, 2.05) is 0 Å². The van der Waals surface area contributed by atoms with Crippen molar-refractivity contribution in [3.63, 3.8) is 0 Å². The van der Waals surface area contributed by atoms with Crippen LogP contribution in [0.4, 0.5) is 0 Å². The van der Waals surface area contributed by atoms with Crippen molar-refractivity contribution in [3.05, 3.63) is 76.4 Å².